The summed E-state index contributed by atoms with van der Waals surface area (Å²) in [7, 11) is 4.63. The summed E-state index contributed by atoms with van der Waals surface area (Å²) in [6.45, 7) is 0. The third-order valence-corrected chi connectivity index (χ3v) is 4.02. The van der Waals surface area contributed by atoms with E-state index in [0.717, 1.165) is 4.57 Å². The predicted octanol–water partition coefficient (Wildman–Crippen LogP) is 1.05. The number of imidazole rings is 1. The minimum absolute atomic E-state index is 0.0107. The molecule has 128 valence electrons. The number of nitro groups is 1. The van der Waals surface area contributed by atoms with Gasteiger partial charge in [0.05, 0.1) is 4.92 Å². The lowest BCUT2D eigenvalue weighted by Gasteiger charge is -2.03. The van der Waals surface area contributed by atoms with Gasteiger partial charge in [-0.3, -0.25) is 24.0 Å². The lowest BCUT2D eigenvalue weighted by Crippen LogP contribution is -2.37. The maximum absolute atomic E-state index is 12.3. The van der Waals surface area contributed by atoms with Crippen LogP contribution in [-0.4, -0.2) is 23.6 Å². The average molecular weight is 341 g/mol. The summed E-state index contributed by atoms with van der Waals surface area (Å²) in [5.41, 5.74) is 0.331. The third kappa shape index (κ3) is 2.65. The Kier molecular flexibility index (Phi) is 3.84. The topological polar surface area (TPSA) is 105 Å². The Labute approximate surface area is 141 Å². The summed E-state index contributed by atoms with van der Waals surface area (Å²) in [6.07, 6.45) is 3.31. The Bertz CT molecular complexity index is 1150. The van der Waals surface area contributed by atoms with Crippen molar-refractivity contribution in [2.24, 2.45) is 21.1 Å². The van der Waals surface area contributed by atoms with Crippen LogP contribution in [0.1, 0.15) is 11.4 Å². The van der Waals surface area contributed by atoms with Crippen LogP contribution < -0.4 is 11.2 Å². The number of nitro benzene ring substituents is 1. The van der Waals surface area contributed by atoms with Gasteiger partial charge in [-0.25, -0.2) is 9.78 Å². The molecule has 1 aromatic carbocycles. The molecule has 0 amide bonds. The molecule has 0 radical (unpaired) electrons. The number of fused-ring (bicyclic) bond motifs is 1. The van der Waals surface area contributed by atoms with Crippen molar-refractivity contribution >= 4 is 29.0 Å². The van der Waals surface area contributed by atoms with Crippen molar-refractivity contribution in [1.82, 2.24) is 18.7 Å². The Morgan fingerprint density at radius 1 is 1.08 bits per heavy atom. The highest BCUT2D eigenvalue weighted by atomic mass is 16.6. The molecule has 3 aromatic rings. The Morgan fingerprint density at radius 2 is 1.80 bits per heavy atom. The van der Waals surface area contributed by atoms with E-state index in [0.29, 0.717) is 16.9 Å². The van der Waals surface area contributed by atoms with E-state index in [1.165, 1.54) is 23.7 Å². The third-order valence-electron chi connectivity index (χ3n) is 4.02. The average Bonchev–Trinajstić information content (AvgIpc) is 2.93. The van der Waals surface area contributed by atoms with Crippen LogP contribution in [0.3, 0.4) is 0 Å². The molecular weight excluding hydrogens is 326 g/mol. The molecule has 0 fully saturated rings. The largest absolute Gasteiger partial charge is 0.332 e. The molecule has 2 heterocycles. The van der Waals surface area contributed by atoms with Crippen LogP contribution >= 0.6 is 0 Å². The van der Waals surface area contributed by atoms with Gasteiger partial charge in [-0.15, -0.1) is 0 Å². The van der Waals surface area contributed by atoms with Gasteiger partial charge in [0.2, 0.25) is 0 Å². The number of rotatable bonds is 3. The van der Waals surface area contributed by atoms with Gasteiger partial charge in [-0.2, -0.15) is 0 Å². The first-order chi connectivity index (χ1) is 11.8. The second kappa shape index (κ2) is 5.86. The first-order valence-corrected chi connectivity index (χ1v) is 7.36. The molecule has 0 atom stereocenters. The zero-order valence-electron chi connectivity index (χ0n) is 13.8. The van der Waals surface area contributed by atoms with E-state index < -0.39 is 16.2 Å². The number of nitrogens with zero attached hydrogens (tertiary/aromatic N) is 5. The molecule has 0 unspecified atom stereocenters. The van der Waals surface area contributed by atoms with Crippen LogP contribution in [0.25, 0.3) is 23.3 Å². The molecule has 0 saturated carbocycles. The number of hydrogen-bond donors (Lipinski definition) is 0. The highest BCUT2D eigenvalue weighted by Crippen LogP contribution is 2.16. The van der Waals surface area contributed by atoms with Gasteiger partial charge in [0.1, 0.15) is 5.82 Å². The van der Waals surface area contributed by atoms with E-state index in [4.69, 9.17) is 0 Å². The molecule has 9 nitrogen and oxygen atoms in total. The molecule has 3 rings (SSSR count). The molecule has 0 bridgehead atoms. The van der Waals surface area contributed by atoms with Gasteiger partial charge in [-0.1, -0.05) is 18.2 Å². The maximum Gasteiger partial charge on any atom is 0.332 e. The summed E-state index contributed by atoms with van der Waals surface area (Å²) in [6, 6.07) is 6.16. The lowest BCUT2D eigenvalue weighted by molar-refractivity contribution is -0.384. The summed E-state index contributed by atoms with van der Waals surface area (Å²) in [4.78, 5) is 39.0. The second-order valence-corrected chi connectivity index (χ2v) is 5.59. The maximum atomic E-state index is 12.3. The SMILES string of the molecule is Cn1c(=O)c2c(nc(C=Cc3cccc([N+](=O)[O-])c3)n2C)n(C)c1=O. The number of aryl methyl sites for hydroxylation is 2. The van der Waals surface area contributed by atoms with Crippen molar-refractivity contribution in [3.8, 4) is 0 Å². The fourth-order valence-corrected chi connectivity index (χ4v) is 2.60. The molecule has 2 aromatic heterocycles. The van der Waals surface area contributed by atoms with Gasteiger partial charge in [0.15, 0.2) is 11.2 Å². The van der Waals surface area contributed by atoms with Gasteiger partial charge in [-0.05, 0) is 11.6 Å². The Morgan fingerprint density at radius 3 is 2.48 bits per heavy atom. The van der Waals surface area contributed by atoms with Gasteiger partial charge in [0.25, 0.3) is 11.2 Å². The van der Waals surface area contributed by atoms with Gasteiger partial charge >= 0.3 is 5.69 Å². The van der Waals surface area contributed by atoms with Crippen LogP contribution in [0.2, 0.25) is 0 Å². The highest BCUT2D eigenvalue weighted by molar-refractivity contribution is 5.76. The lowest BCUT2D eigenvalue weighted by atomic mass is 10.2. The standard InChI is InChI=1S/C16H15N5O4/c1-18-12(8-7-10-5-4-6-11(9-10)21(24)25)17-14-13(18)15(22)20(3)16(23)19(14)2/h4-9H,1-3H3. The zero-order chi connectivity index (χ0) is 18.3. The molecule has 0 N–H and O–H groups in total. The van der Waals surface area contributed by atoms with Gasteiger partial charge in [0, 0.05) is 33.3 Å². The van der Waals surface area contributed by atoms with Crippen LogP contribution in [0.4, 0.5) is 5.69 Å². The first kappa shape index (κ1) is 16.4. The normalized spacial score (nSPS) is 11.5. The quantitative estimate of drug-likeness (QED) is 0.523. The van der Waals surface area contributed by atoms with Crippen molar-refractivity contribution in [2.75, 3.05) is 0 Å². The molecular formula is C16H15N5O4. The van der Waals surface area contributed by atoms with E-state index in [-0.39, 0.29) is 11.3 Å². The molecule has 0 saturated heterocycles. The monoisotopic (exact) mass is 341 g/mol. The van der Waals surface area contributed by atoms with E-state index in [2.05, 4.69) is 4.98 Å². The fourth-order valence-electron chi connectivity index (χ4n) is 2.60. The first-order valence-electron chi connectivity index (χ1n) is 7.36. The number of non-ortho nitro benzene ring substituents is 1. The fraction of sp³-hybridized carbons (Fsp3) is 0.188. The van der Waals surface area contributed by atoms with Crippen LogP contribution in [0, 0.1) is 10.1 Å². The van der Waals surface area contributed by atoms with Crippen LogP contribution in [0.5, 0.6) is 0 Å². The molecule has 0 spiro atoms. The predicted molar refractivity (Wildman–Crippen MR) is 93.2 cm³/mol. The number of aromatic nitrogens is 4. The van der Waals surface area contributed by atoms with Crippen LogP contribution in [0.15, 0.2) is 33.9 Å². The summed E-state index contributed by atoms with van der Waals surface area (Å²) in [5, 5.41) is 10.8. The zero-order valence-corrected chi connectivity index (χ0v) is 13.8. The second-order valence-electron chi connectivity index (χ2n) is 5.59. The van der Waals surface area contributed by atoms with Crippen molar-refractivity contribution < 1.29 is 4.92 Å². The van der Waals surface area contributed by atoms with Crippen molar-refractivity contribution in [2.45, 2.75) is 0 Å². The Balaban J connectivity index is 2.13. The molecule has 0 aliphatic carbocycles. The van der Waals surface area contributed by atoms with E-state index in [1.807, 2.05) is 0 Å². The highest BCUT2D eigenvalue weighted by Gasteiger charge is 2.15. The summed E-state index contributed by atoms with van der Waals surface area (Å²) < 4.78 is 3.92. The van der Waals surface area contributed by atoms with Crippen molar-refractivity contribution in [1.29, 1.82) is 0 Å². The summed E-state index contributed by atoms with van der Waals surface area (Å²) >= 11 is 0. The van der Waals surface area contributed by atoms with Crippen molar-refractivity contribution in [3.05, 3.63) is 66.6 Å². The van der Waals surface area contributed by atoms with E-state index in [1.54, 1.807) is 42.9 Å². The number of hydrogen-bond acceptors (Lipinski definition) is 5. The minimum atomic E-state index is -0.466. The molecule has 0 aliphatic rings. The minimum Gasteiger partial charge on any atom is -0.322 e. The Hall–Kier alpha value is -3.49. The molecule has 0 aliphatic heterocycles. The van der Waals surface area contributed by atoms with E-state index >= 15 is 0 Å². The number of benzene rings is 1. The van der Waals surface area contributed by atoms with Gasteiger partial charge < -0.3 is 4.57 Å². The molecule has 9 heteroatoms. The molecule has 25 heavy (non-hydrogen) atoms. The van der Waals surface area contributed by atoms with Crippen LogP contribution in [-0.2, 0) is 21.1 Å². The summed E-state index contributed by atoms with van der Waals surface area (Å²) in [5.74, 6) is 0.458. The smallest absolute Gasteiger partial charge is 0.322 e. The van der Waals surface area contributed by atoms with Crippen molar-refractivity contribution in [3.63, 3.8) is 0 Å². The van der Waals surface area contributed by atoms with E-state index in [9.17, 15) is 19.7 Å².